The standard InChI is InChI=1S/C38H59N3O12/c1-13-27-38(10)31(39-35(46)52-38)22(5)28(43)20(3)17-37(9,53-36(47)41-15-14-19(2)18-41)32(23(6)29(44)24(7)33(45)50-27)51-34-30(49-25(8)42)26(40(11)12)16-21(4)48-34/h14-15,18,20-24,26-27,29-32,34,44H,13,16-17H2,1-12H3,(H,39,46)/t20-,21-,22+,23+,24-,26+,27-,29+,30-,31-,32-,34+,37-,38-/m1/s1. The summed E-state index contributed by atoms with van der Waals surface area (Å²) in [5, 5.41) is 14.8. The van der Waals surface area contributed by atoms with E-state index >= 15 is 0 Å². The van der Waals surface area contributed by atoms with Crippen LogP contribution in [0.4, 0.5) is 9.59 Å². The molecule has 14 atom stereocenters. The van der Waals surface area contributed by atoms with Gasteiger partial charge in [-0.3, -0.25) is 19.0 Å². The summed E-state index contributed by atoms with van der Waals surface area (Å²) in [5.74, 6) is -5.37. The van der Waals surface area contributed by atoms with Crippen LogP contribution >= 0.6 is 0 Å². The van der Waals surface area contributed by atoms with E-state index in [0.717, 1.165) is 5.56 Å². The summed E-state index contributed by atoms with van der Waals surface area (Å²) >= 11 is 0. The zero-order valence-electron chi connectivity index (χ0n) is 33.1. The van der Waals surface area contributed by atoms with Crippen molar-refractivity contribution in [2.45, 2.75) is 149 Å². The Labute approximate surface area is 312 Å². The molecule has 1 aromatic rings. The van der Waals surface area contributed by atoms with Crippen molar-refractivity contribution in [1.29, 1.82) is 0 Å². The predicted octanol–water partition coefficient (Wildman–Crippen LogP) is 3.99. The largest absolute Gasteiger partial charge is 0.458 e. The Morgan fingerprint density at radius 1 is 1.09 bits per heavy atom. The lowest BCUT2D eigenvalue weighted by Crippen LogP contribution is -2.61. The molecule has 3 saturated heterocycles. The van der Waals surface area contributed by atoms with E-state index in [1.54, 1.807) is 60.0 Å². The first-order valence-electron chi connectivity index (χ1n) is 18.6. The molecule has 3 aliphatic rings. The number of fused-ring (bicyclic) bond motifs is 1. The van der Waals surface area contributed by atoms with Gasteiger partial charge in [0.1, 0.15) is 23.6 Å². The van der Waals surface area contributed by atoms with Gasteiger partial charge in [0.2, 0.25) is 0 Å². The van der Waals surface area contributed by atoms with Crippen LogP contribution in [0.25, 0.3) is 0 Å². The molecule has 3 fully saturated rings. The highest BCUT2D eigenvalue weighted by Crippen LogP contribution is 2.41. The maximum absolute atomic E-state index is 14.4. The Morgan fingerprint density at radius 2 is 1.75 bits per heavy atom. The fourth-order valence-corrected chi connectivity index (χ4v) is 8.41. The normalized spacial score (nSPS) is 40.0. The van der Waals surface area contributed by atoms with Crippen LogP contribution in [0.5, 0.6) is 0 Å². The molecule has 15 nitrogen and oxygen atoms in total. The van der Waals surface area contributed by atoms with Crippen molar-refractivity contribution in [3.05, 3.63) is 24.0 Å². The second kappa shape index (κ2) is 16.5. The van der Waals surface area contributed by atoms with Gasteiger partial charge in [-0.05, 0) is 79.6 Å². The monoisotopic (exact) mass is 749 g/mol. The number of hydrogen-bond donors (Lipinski definition) is 2. The zero-order valence-corrected chi connectivity index (χ0v) is 33.1. The molecule has 0 bridgehead atoms. The third-order valence-electron chi connectivity index (χ3n) is 11.3. The highest BCUT2D eigenvalue weighted by atomic mass is 16.7. The van der Waals surface area contributed by atoms with Crippen LogP contribution in [0.3, 0.4) is 0 Å². The number of nitrogens with one attached hydrogen (secondary N) is 1. The molecule has 53 heavy (non-hydrogen) atoms. The quantitative estimate of drug-likeness (QED) is 0.315. The van der Waals surface area contributed by atoms with Crippen molar-refractivity contribution in [2.75, 3.05) is 14.1 Å². The summed E-state index contributed by atoms with van der Waals surface area (Å²) in [7, 11) is 3.70. The summed E-state index contributed by atoms with van der Waals surface area (Å²) in [6.45, 7) is 16.5. The first-order valence-corrected chi connectivity index (χ1v) is 18.6. The number of carbonyl (C=O) groups excluding carboxylic acids is 5. The number of alkyl carbamates (subject to hydrolysis) is 1. The molecule has 0 unspecified atom stereocenters. The van der Waals surface area contributed by atoms with Crippen molar-refractivity contribution >= 4 is 29.9 Å². The molecule has 0 aromatic carbocycles. The molecule has 298 valence electrons. The Kier molecular flexibility index (Phi) is 13.1. The SMILES string of the molecule is CC[C@H]1OC(=O)[C@H](C)[C@@H](O)[C@H](C)[C@@H](O[C@@H]2O[C@H](C)C[C@H](N(C)C)[C@H]2OC(C)=O)[C@](C)(OC(=O)n2ccc(C)c2)C[C@@H](C)C(=O)[C@H](C)[C@H]2NC(=O)O[C@@]21C. The fourth-order valence-electron chi connectivity index (χ4n) is 8.41. The minimum atomic E-state index is -1.68. The Morgan fingerprint density at radius 3 is 2.32 bits per heavy atom. The van der Waals surface area contributed by atoms with Gasteiger partial charge in [-0.2, -0.15) is 0 Å². The Bertz CT molecular complexity index is 1510. The first kappa shape index (κ1) is 42.2. The van der Waals surface area contributed by atoms with Crippen molar-refractivity contribution in [1.82, 2.24) is 14.8 Å². The van der Waals surface area contributed by atoms with Gasteiger partial charge < -0.3 is 43.7 Å². The molecular weight excluding hydrogens is 690 g/mol. The minimum absolute atomic E-state index is 0.101. The average molecular weight is 750 g/mol. The molecule has 4 heterocycles. The van der Waals surface area contributed by atoms with E-state index in [0.29, 0.717) is 6.42 Å². The number of nitrogens with zero attached hydrogens (tertiary/aromatic N) is 2. The highest BCUT2D eigenvalue weighted by Gasteiger charge is 2.58. The Balaban J connectivity index is 1.89. The van der Waals surface area contributed by atoms with Gasteiger partial charge in [0.25, 0.3) is 0 Å². The maximum Gasteiger partial charge on any atom is 0.418 e. The predicted molar refractivity (Wildman–Crippen MR) is 191 cm³/mol. The summed E-state index contributed by atoms with van der Waals surface area (Å²) in [6.07, 6.45) is -3.86. The van der Waals surface area contributed by atoms with E-state index in [4.69, 9.17) is 28.4 Å². The van der Waals surface area contributed by atoms with Gasteiger partial charge in [-0.25, -0.2) is 9.59 Å². The number of aliphatic hydroxyl groups excluding tert-OH is 1. The fraction of sp³-hybridized carbons (Fsp3) is 0.763. The van der Waals surface area contributed by atoms with Crippen LogP contribution < -0.4 is 5.32 Å². The van der Waals surface area contributed by atoms with E-state index in [1.807, 2.05) is 32.8 Å². The van der Waals surface area contributed by atoms with E-state index < -0.39 is 95.7 Å². The van der Waals surface area contributed by atoms with Crippen molar-refractivity contribution in [2.24, 2.45) is 23.7 Å². The lowest BCUT2D eigenvalue weighted by Gasteiger charge is -2.48. The lowest BCUT2D eigenvalue weighted by molar-refractivity contribution is -0.300. The number of esters is 2. The van der Waals surface area contributed by atoms with Crippen molar-refractivity contribution < 1.29 is 57.5 Å². The molecular formula is C38H59N3O12. The number of carbonyl (C=O) groups is 5. The summed E-state index contributed by atoms with van der Waals surface area (Å²) in [4.78, 5) is 69.2. The number of ether oxygens (including phenoxy) is 6. The second-order valence-electron chi connectivity index (χ2n) is 16.0. The molecule has 15 heteroatoms. The van der Waals surface area contributed by atoms with Gasteiger partial charge in [-0.1, -0.05) is 27.7 Å². The number of ketones is 1. The molecule has 0 aliphatic carbocycles. The minimum Gasteiger partial charge on any atom is -0.458 e. The van der Waals surface area contributed by atoms with E-state index in [9.17, 15) is 29.1 Å². The van der Waals surface area contributed by atoms with Gasteiger partial charge in [0.05, 0.1) is 30.2 Å². The summed E-state index contributed by atoms with van der Waals surface area (Å²) < 4.78 is 38.3. The number of aryl methyl sites for hydroxylation is 1. The topological polar surface area (TPSA) is 181 Å². The average Bonchev–Trinajstić information content (AvgIpc) is 3.66. The number of aromatic nitrogens is 1. The molecule has 0 radical (unpaired) electrons. The number of Topliss-reactive ketones (excluding diaryl/α,β-unsaturated/α-hetero) is 1. The van der Waals surface area contributed by atoms with E-state index in [2.05, 4.69) is 5.32 Å². The second-order valence-corrected chi connectivity index (χ2v) is 16.0. The first-order chi connectivity index (χ1) is 24.6. The van der Waals surface area contributed by atoms with Crippen LogP contribution in [0.2, 0.25) is 0 Å². The maximum atomic E-state index is 14.4. The van der Waals surface area contributed by atoms with Gasteiger partial charge in [0, 0.05) is 37.1 Å². The zero-order chi connectivity index (χ0) is 39.7. The molecule has 2 N–H and O–H groups in total. The number of hydrogen-bond acceptors (Lipinski definition) is 13. The number of likely N-dealkylation sites (N-methyl/N-ethyl adjacent to an activating group) is 1. The lowest BCUT2D eigenvalue weighted by atomic mass is 9.73. The van der Waals surface area contributed by atoms with E-state index in [1.165, 1.54) is 18.4 Å². The van der Waals surface area contributed by atoms with Crippen molar-refractivity contribution in [3.8, 4) is 0 Å². The van der Waals surface area contributed by atoms with Crippen LogP contribution in [-0.4, -0.2) is 119 Å². The van der Waals surface area contributed by atoms with Crippen LogP contribution in [0, 0.1) is 30.6 Å². The highest BCUT2D eigenvalue weighted by molar-refractivity contribution is 5.85. The van der Waals surface area contributed by atoms with Gasteiger partial charge in [-0.15, -0.1) is 0 Å². The number of aliphatic hydroxyl groups is 1. The molecule has 0 saturated carbocycles. The summed E-state index contributed by atoms with van der Waals surface area (Å²) in [5.41, 5.74) is -2.28. The third kappa shape index (κ3) is 8.90. The molecule has 1 aromatic heterocycles. The molecule has 3 aliphatic heterocycles. The van der Waals surface area contributed by atoms with Gasteiger partial charge >= 0.3 is 24.1 Å². The van der Waals surface area contributed by atoms with Gasteiger partial charge in [0.15, 0.2) is 18.0 Å². The van der Waals surface area contributed by atoms with E-state index in [-0.39, 0.29) is 30.8 Å². The molecule has 0 spiro atoms. The summed E-state index contributed by atoms with van der Waals surface area (Å²) in [6, 6.07) is 0.528. The van der Waals surface area contributed by atoms with Crippen LogP contribution in [-0.2, 0) is 42.8 Å². The number of rotatable bonds is 6. The Hall–Kier alpha value is -3.53. The third-order valence-corrected chi connectivity index (χ3v) is 11.3. The van der Waals surface area contributed by atoms with Crippen LogP contribution in [0.1, 0.15) is 87.1 Å². The molecule has 4 rings (SSSR count). The molecule has 1 amide bonds. The smallest absolute Gasteiger partial charge is 0.418 e. The van der Waals surface area contributed by atoms with Crippen LogP contribution in [0.15, 0.2) is 18.5 Å². The van der Waals surface area contributed by atoms with Crippen molar-refractivity contribution in [3.63, 3.8) is 0 Å². The number of cyclic esters (lactones) is 1. The number of amides is 1.